The zero-order valence-electron chi connectivity index (χ0n) is 21.6. The Balaban J connectivity index is 1.35. The van der Waals surface area contributed by atoms with Crippen LogP contribution in [0.1, 0.15) is 53.3 Å². The predicted octanol–water partition coefficient (Wildman–Crippen LogP) is 4.13. The second kappa shape index (κ2) is 10.6. The summed E-state index contributed by atoms with van der Waals surface area (Å²) < 4.78 is 2.06. The molecular weight excluding hydrogens is 478 g/mol. The average Bonchev–Trinajstić information content (AvgIpc) is 3.58. The number of hydrogen-bond donors (Lipinski definition) is 3. The lowest BCUT2D eigenvalue weighted by atomic mass is 9.89. The van der Waals surface area contributed by atoms with Crippen LogP contribution in [0.4, 0.5) is 4.79 Å². The van der Waals surface area contributed by atoms with Gasteiger partial charge >= 0.3 is 6.09 Å². The van der Waals surface area contributed by atoms with Crippen LogP contribution in [0.3, 0.4) is 0 Å². The number of carbonyl (C=O) groups excluding carboxylic acids is 1. The van der Waals surface area contributed by atoms with E-state index in [1.54, 1.807) is 6.33 Å². The number of nitrogens with one attached hydrogen (secondary N) is 2. The van der Waals surface area contributed by atoms with Gasteiger partial charge in [-0.2, -0.15) is 0 Å². The Bertz CT molecular complexity index is 1280. The van der Waals surface area contributed by atoms with Crippen LogP contribution in [0.5, 0.6) is 0 Å². The zero-order chi connectivity index (χ0) is 26.1. The molecule has 2 aliphatic carbocycles. The number of amides is 2. The van der Waals surface area contributed by atoms with Crippen LogP contribution >= 0.6 is 0 Å². The number of carboxylic acid groups (broad SMARTS) is 1. The van der Waals surface area contributed by atoms with Crippen LogP contribution in [0.25, 0.3) is 11.3 Å². The third-order valence-electron chi connectivity index (χ3n) is 8.61. The zero-order valence-corrected chi connectivity index (χ0v) is 21.6. The van der Waals surface area contributed by atoms with E-state index in [0.29, 0.717) is 18.2 Å². The summed E-state index contributed by atoms with van der Waals surface area (Å²) in [5, 5.41) is 15.7. The van der Waals surface area contributed by atoms with E-state index in [4.69, 9.17) is 4.98 Å². The molecule has 8 nitrogen and oxygen atoms in total. The first-order valence-electron chi connectivity index (χ1n) is 13.8. The topological polar surface area (TPSA) is 99.5 Å². The van der Waals surface area contributed by atoms with Crippen LogP contribution in [0, 0.1) is 5.92 Å². The Labute approximate surface area is 223 Å². The molecule has 0 radical (unpaired) electrons. The van der Waals surface area contributed by atoms with Gasteiger partial charge in [-0.15, -0.1) is 0 Å². The molecule has 3 aliphatic rings. The third-order valence-corrected chi connectivity index (χ3v) is 8.61. The Morgan fingerprint density at radius 2 is 1.66 bits per heavy atom. The molecule has 0 bridgehead atoms. The smallest absolute Gasteiger partial charge is 0.404 e. The fraction of sp³-hybridized carbons (Fsp3) is 0.433. The van der Waals surface area contributed by atoms with E-state index < -0.39 is 6.09 Å². The number of carbonyl (C=O) groups is 2. The van der Waals surface area contributed by atoms with Crippen LogP contribution in [-0.4, -0.2) is 63.3 Å². The summed E-state index contributed by atoms with van der Waals surface area (Å²) in [7, 11) is 0. The van der Waals surface area contributed by atoms with E-state index in [1.807, 2.05) is 35.2 Å². The maximum absolute atomic E-state index is 14.3. The highest BCUT2D eigenvalue weighted by Gasteiger charge is 2.39. The summed E-state index contributed by atoms with van der Waals surface area (Å²) in [5.41, 5.74) is 4.94. The van der Waals surface area contributed by atoms with E-state index >= 15 is 0 Å². The van der Waals surface area contributed by atoms with Crippen LogP contribution in [-0.2, 0) is 12.8 Å². The number of fused-ring (bicyclic) bond motifs is 1. The summed E-state index contributed by atoms with van der Waals surface area (Å²) in [6, 6.07) is 18.3. The van der Waals surface area contributed by atoms with Crippen molar-refractivity contribution in [3.63, 3.8) is 0 Å². The Kier molecular flexibility index (Phi) is 6.89. The van der Waals surface area contributed by atoms with Crippen molar-refractivity contribution in [2.75, 3.05) is 19.6 Å². The standard InChI is InChI=1S/C30H35N5O3/c36-29(34-15-14-31-18-26(34)23-16-21-10-4-5-11-22(21)17-23)27-28(20-8-2-1-3-9-20)35(19-32-27)25-13-7-6-12-24(25)33-30(37)38/h1-5,8-11,19,23-26,31,33H,6-7,12-18H2,(H,37,38)/t24-,25-,26-/m0/s1. The lowest BCUT2D eigenvalue weighted by molar-refractivity contribution is 0.0549. The minimum atomic E-state index is -1.01. The summed E-state index contributed by atoms with van der Waals surface area (Å²) in [6.45, 7) is 2.18. The Hall–Kier alpha value is -3.65. The molecule has 0 unspecified atom stereocenters. The molecule has 8 heteroatoms. The SMILES string of the molecule is O=C(O)N[C@H]1CCCC[C@@H]1n1cnc(C(=O)N2CCNC[C@H]2C2Cc3ccccc3C2)c1-c1ccccc1. The molecule has 38 heavy (non-hydrogen) atoms. The molecule has 1 aliphatic heterocycles. The van der Waals surface area contributed by atoms with E-state index in [2.05, 4.69) is 39.5 Å². The molecule has 3 atom stereocenters. The monoisotopic (exact) mass is 513 g/mol. The summed E-state index contributed by atoms with van der Waals surface area (Å²) in [4.78, 5) is 32.6. The lowest BCUT2D eigenvalue weighted by Crippen LogP contribution is -2.57. The van der Waals surface area contributed by atoms with Gasteiger partial charge in [0.2, 0.25) is 0 Å². The largest absolute Gasteiger partial charge is 0.465 e. The molecule has 3 N–H and O–H groups in total. The molecule has 2 heterocycles. The molecule has 198 valence electrons. The summed E-state index contributed by atoms with van der Waals surface area (Å²) >= 11 is 0. The molecule has 0 spiro atoms. The van der Waals surface area contributed by atoms with Crippen molar-refractivity contribution >= 4 is 12.0 Å². The second-order valence-corrected chi connectivity index (χ2v) is 10.8. The number of nitrogens with zero attached hydrogens (tertiary/aromatic N) is 3. The highest BCUT2D eigenvalue weighted by Crippen LogP contribution is 2.36. The fourth-order valence-electron chi connectivity index (χ4n) is 6.82. The minimum Gasteiger partial charge on any atom is -0.465 e. The van der Waals surface area contributed by atoms with E-state index in [9.17, 15) is 14.7 Å². The van der Waals surface area contributed by atoms with Crippen LogP contribution in [0.15, 0.2) is 60.9 Å². The lowest BCUT2D eigenvalue weighted by Gasteiger charge is -2.39. The molecule has 2 aromatic carbocycles. The minimum absolute atomic E-state index is 0.0383. The van der Waals surface area contributed by atoms with Gasteiger partial charge in [-0.25, -0.2) is 9.78 Å². The molecule has 1 saturated heterocycles. The van der Waals surface area contributed by atoms with Crippen molar-refractivity contribution in [2.45, 2.75) is 56.7 Å². The van der Waals surface area contributed by atoms with E-state index in [-0.39, 0.29) is 24.0 Å². The number of piperazine rings is 1. The maximum atomic E-state index is 14.3. The van der Waals surface area contributed by atoms with Gasteiger partial charge in [-0.05, 0) is 42.7 Å². The van der Waals surface area contributed by atoms with Gasteiger partial charge in [-0.1, -0.05) is 67.4 Å². The number of benzene rings is 2. The van der Waals surface area contributed by atoms with Gasteiger partial charge in [-0.3, -0.25) is 4.79 Å². The highest BCUT2D eigenvalue weighted by molar-refractivity contribution is 5.98. The normalized spacial score (nSPS) is 23.7. The van der Waals surface area contributed by atoms with Crippen molar-refractivity contribution < 1.29 is 14.7 Å². The van der Waals surface area contributed by atoms with Crippen molar-refractivity contribution in [3.8, 4) is 11.3 Å². The highest BCUT2D eigenvalue weighted by atomic mass is 16.4. The van der Waals surface area contributed by atoms with Crippen LogP contribution < -0.4 is 10.6 Å². The maximum Gasteiger partial charge on any atom is 0.404 e. The number of aromatic nitrogens is 2. The van der Waals surface area contributed by atoms with Gasteiger partial charge in [0, 0.05) is 31.2 Å². The molecule has 3 aromatic rings. The van der Waals surface area contributed by atoms with Crippen molar-refractivity contribution in [3.05, 3.63) is 77.7 Å². The molecule has 6 rings (SSSR count). The number of rotatable bonds is 5. The fourth-order valence-corrected chi connectivity index (χ4v) is 6.82. The van der Waals surface area contributed by atoms with Gasteiger partial charge in [0.05, 0.1) is 24.1 Å². The second-order valence-electron chi connectivity index (χ2n) is 10.8. The molecule has 1 aromatic heterocycles. The van der Waals surface area contributed by atoms with E-state index in [0.717, 1.165) is 62.9 Å². The van der Waals surface area contributed by atoms with Gasteiger partial charge in [0.15, 0.2) is 5.69 Å². The predicted molar refractivity (Wildman–Crippen MR) is 145 cm³/mol. The molecule has 2 amide bonds. The summed E-state index contributed by atoms with van der Waals surface area (Å²) in [5.74, 6) is 0.331. The third kappa shape index (κ3) is 4.69. The summed E-state index contributed by atoms with van der Waals surface area (Å²) in [6.07, 6.45) is 6.31. The first kappa shape index (κ1) is 24.7. The average molecular weight is 514 g/mol. The quantitative estimate of drug-likeness (QED) is 0.477. The molecule has 1 saturated carbocycles. The van der Waals surface area contributed by atoms with Gasteiger partial charge < -0.3 is 25.2 Å². The molecule has 2 fully saturated rings. The Morgan fingerprint density at radius 3 is 2.39 bits per heavy atom. The van der Waals surface area contributed by atoms with Crippen molar-refractivity contribution in [2.24, 2.45) is 5.92 Å². The van der Waals surface area contributed by atoms with Gasteiger partial charge in [0.1, 0.15) is 0 Å². The van der Waals surface area contributed by atoms with Crippen molar-refractivity contribution in [1.82, 2.24) is 25.1 Å². The first-order chi connectivity index (χ1) is 18.6. The molecular formula is C30H35N5O3. The first-order valence-corrected chi connectivity index (χ1v) is 13.8. The van der Waals surface area contributed by atoms with Crippen molar-refractivity contribution in [1.29, 1.82) is 0 Å². The van der Waals surface area contributed by atoms with Crippen LogP contribution in [0.2, 0.25) is 0 Å². The van der Waals surface area contributed by atoms with E-state index in [1.165, 1.54) is 11.1 Å². The number of hydrogen-bond acceptors (Lipinski definition) is 4. The number of imidazole rings is 1. The van der Waals surface area contributed by atoms with Gasteiger partial charge in [0.25, 0.3) is 5.91 Å². The Morgan fingerprint density at radius 1 is 0.947 bits per heavy atom.